The predicted octanol–water partition coefficient (Wildman–Crippen LogP) is 1.88. The van der Waals surface area contributed by atoms with Crippen molar-refractivity contribution in [3.63, 3.8) is 0 Å². The standard InChI is InChI=1S/C13H23ClN6/c1-4-20(5-2)13-17-11(14)16-12(18-13)15-10-6-8-19(3)9-7-10/h10H,4-9H2,1-3H3,(H,15,16,17,18). The molecule has 0 spiro atoms. The van der Waals surface area contributed by atoms with Crippen molar-refractivity contribution in [2.24, 2.45) is 0 Å². The number of rotatable bonds is 5. The van der Waals surface area contributed by atoms with Crippen molar-refractivity contribution in [2.75, 3.05) is 43.4 Å². The van der Waals surface area contributed by atoms with Gasteiger partial charge in [-0.1, -0.05) is 0 Å². The Labute approximate surface area is 125 Å². The number of aromatic nitrogens is 3. The van der Waals surface area contributed by atoms with Crippen LogP contribution in [0.1, 0.15) is 26.7 Å². The minimum Gasteiger partial charge on any atom is -0.351 e. The number of piperidine rings is 1. The molecule has 0 aliphatic carbocycles. The average Bonchev–Trinajstić information content (AvgIpc) is 2.42. The molecule has 0 aromatic carbocycles. The molecule has 112 valence electrons. The SMILES string of the molecule is CCN(CC)c1nc(Cl)nc(NC2CCN(C)CC2)n1. The van der Waals surface area contributed by atoms with Crippen molar-refractivity contribution in [3.05, 3.63) is 5.28 Å². The number of halogens is 1. The third kappa shape index (κ3) is 3.93. The molecule has 1 aliphatic rings. The normalized spacial score (nSPS) is 17.2. The van der Waals surface area contributed by atoms with E-state index in [9.17, 15) is 0 Å². The highest BCUT2D eigenvalue weighted by Crippen LogP contribution is 2.17. The molecule has 2 heterocycles. The van der Waals surface area contributed by atoms with Crippen LogP contribution in [0.4, 0.5) is 11.9 Å². The van der Waals surface area contributed by atoms with Gasteiger partial charge in [0.2, 0.25) is 17.2 Å². The summed E-state index contributed by atoms with van der Waals surface area (Å²) in [4.78, 5) is 17.3. The Kier molecular flexibility index (Phi) is 5.37. The lowest BCUT2D eigenvalue weighted by molar-refractivity contribution is 0.263. The molecule has 0 amide bonds. The first-order chi connectivity index (χ1) is 9.62. The smallest absolute Gasteiger partial charge is 0.231 e. The summed E-state index contributed by atoms with van der Waals surface area (Å²) in [7, 11) is 2.15. The Morgan fingerprint density at radius 3 is 2.45 bits per heavy atom. The van der Waals surface area contributed by atoms with Gasteiger partial charge in [0.25, 0.3) is 0 Å². The zero-order valence-electron chi connectivity index (χ0n) is 12.4. The maximum absolute atomic E-state index is 6.01. The van der Waals surface area contributed by atoms with Gasteiger partial charge in [0.1, 0.15) is 0 Å². The van der Waals surface area contributed by atoms with Gasteiger partial charge in [-0.3, -0.25) is 0 Å². The molecule has 2 rings (SSSR count). The van der Waals surface area contributed by atoms with Gasteiger partial charge in [0.15, 0.2) is 0 Å². The van der Waals surface area contributed by atoms with Crippen LogP contribution in [-0.4, -0.2) is 59.1 Å². The first kappa shape index (κ1) is 15.3. The lowest BCUT2D eigenvalue weighted by atomic mass is 10.1. The van der Waals surface area contributed by atoms with E-state index >= 15 is 0 Å². The van der Waals surface area contributed by atoms with Gasteiger partial charge in [-0.15, -0.1) is 0 Å². The van der Waals surface area contributed by atoms with E-state index in [2.05, 4.69) is 51.0 Å². The highest BCUT2D eigenvalue weighted by Gasteiger charge is 2.18. The molecule has 1 aliphatic heterocycles. The number of nitrogens with zero attached hydrogens (tertiary/aromatic N) is 5. The maximum Gasteiger partial charge on any atom is 0.231 e. The molecule has 0 atom stereocenters. The van der Waals surface area contributed by atoms with E-state index in [1.165, 1.54) is 0 Å². The van der Waals surface area contributed by atoms with Gasteiger partial charge in [0, 0.05) is 19.1 Å². The molecule has 1 aromatic heterocycles. The molecule has 7 heteroatoms. The first-order valence-electron chi connectivity index (χ1n) is 7.24. The van der Waals surface area contributed by atoms with Crippen LogP contribution < -0.4 is 10.2 Å². The van der Waals surface area contributed by atoms with Gasteiger partial charge in [-0.2, -0.15) is 15.0 Å². The zero-order valence-corrected chi connectivity index (χ0v) is 13.2. The topological polar surface area (TPSA) is 57.2 Å². The van der Waals surface area contributed by atoms with E-state index in [4.69, 9.17) is 11.6 Å². The highest BCUT2D eigenvalue weighted by molar-refractivity contribution is 6.28. The molecular formula is C13H23ClN6. The van der Waals surface area contributed by atoms with E-state index in [0.717, 1.165) is 39.0 Å². The summed E-state index contributed by atoms with van der Waals surface area (Å²) in [6, 6.07) is 0.411. The van der Waals surface area contributed by atoms with Crippen molar-refractivity contribution >= 4 is 23.5 Å². The molecule has 1 N–H and O–H groups in total. The van der Waals surface area contributed by atoms with Crippen LogP contribution in [0, 0.1) is 0 Å². The molecule has 6 nitrogen and oxygen atoms in total. The molecule has 1 aromatic rings. The summed E-state index contributed by atoms with van der Waals surface area (Å²) in [5.41, 5.74) is 0. The van der Waals surface area contributed by atoms with Gasteiger partial charge < -0.3 is 15.1 Å². The van der Waals surface area contributed by atoms with Crippen LogP contribution in [0.15, 0.2) is 0 Å². The van der Waals surface area contributed by atoms with Gasteiger partial charge in [-0.05, 0) is 58.4 Å². The number of anilines is 2. The third-order valence-electron chi connectivity index (χ3n) is 3.69. The van der Waals surface area contributed by atoms with Crippen LogP contribution in [0.25, 0.3) is 0 Å². The van der Waals surface area contributed by atoms with Crippen molar-refractivity contribution < 1.29 is 0 Å². The minimum absolute atomic E-state index is 0.248. The quantitative estimate of drug-likeness (QED) is 0.896. The molecular weight excluding hydrogens is 276 g/mol. The second-order valence-electron chi connectivity index (χ2n) is 5.12. The Bertz CT molecular complexity index is 429. The summed E-state index contributed by atoms with van der Waals surface area (Å²) in [5.74, 6) is 1.23. The van der Waals surface area contributed by atoms with Crippen molar-refractivity contribution in [2.45, 2.75) is 32.7 Å². The molecule has 0 saturated carbocycles. The van der Waals surface area contributed by atoms with Crippen LogP contribution >= 0.6 is 11.6 Å². The summed E-state index contributed by atoms with van der Waals surface area (Å²) >= 11 is 6.01. The van der Waals surface area contributed by atoms with E-state index < -0.39 is 0 Å². The highest BCUT2D eigenvalue weighted by atomic mass is 35.5. The Morgan fingerprint density at radius 2 is 1.85 bits per heavy atom. The molecule has 1 fully saturated rings. The van der Waals surface area contributed by atoms with Gasteiger partial charge in [0.05, 0.1) is 0 Å². The third-order valence-corrected chi connectivity index (χ3v) is 3.86. The zero-order chi connectivity index (χ0) is 14.5. The van der Waals surface area contributed by atoms with Crippen molar-refractivity contribution in [1.29, 1.82) is 0 Å². The molecule has 0 radical (unpaired) electrons. The predicted molar refractivity (Wildman–Crippen MR) is 82.5 cm³/mol. The number of nitrogens with one attached hydrogen (secondary N) is 1. The first-order valence-corrected chi connectivity index (χ1v) is 7.61. The summed E-state index contributed by atoms with van der Waals surface area (Å²) in [6.45, 7) is 8.05. The van der Waals surface area contributed by atoms with Crippen molar-refractivity contribution in [3.8, 4) is 0 Å². The molecule has 20 heavy (non-hydrogen) atoms. The number of likely N-dealkylation sites (tertiary alicyclic amines) is 1. The van der Waals surface area contributed by atoms with E-state index in [1.54, 1.807) is 0 Å². The fourth-order valence-corrected chi connectivity index (χ4v) is 2.54. The Morgan fingerprint density at radius 1 is 1.20 bits per heavy atom. The lowest BCUT2D eigenvalue weighted by Crippen LogP contribution is -2.37. The van der Waals surface area contributed by atoms with Crippen LogP contribution in [0.3, 0.4) is 0 Å². The number of hydrogen-bond acceptors (Lipinski definition) is 6. The fraction of sp³-hybridized carbons (Fsp3) is 0.769. The molecule has 0 bridgehead atoms. The van der Waals surface area contributed by atoms with Crippen LogP contribution in [-0.2, 0) is 0 Å². The Hall–Kier alpha value is -1.14. The van der Waals surface area contributed by atoms with E-state index in [-0.39, 0.29) is 5.28 Å². The van der Waals surface area contributed by atoms with Gasteiger partial charge in [-0.25, -0.2) is 0 Å². The van der Waals surface area contributed by atoms with E-state index in [0.29, 0.717) is 17.9 Å². The minimum atomic E-state index is 0.248. The average molecular weight is 299 g/mol. The van der Waals surface area contributed by atoms with Crippen molar-refractivity contribution in [1.82, 2.24) is 19.9 Å². The number of hydrogen-bond donors (Lipinski definition) is 1. The monoisotopic (exact) mass is 298 g/mol. The largest absolute Gasteiger partial charge is 0.351 e. The van der Waals surface area contributed by atoms with Gasteiger partial charge >= 0.3 is 0 Å². The summed E-state index contributed by atoms with van der Waals surface area (Å²) in [5, 5.41) is 3.63. The van der Waals surface area contributed by atoms with Crippen LogP contribution in [0.2, 0.25) is 5.28 Å². The fourth-order valence-electron chi connectivity index (χ4n) is 2.39. The molecule has 0 unspecified atom stereocenters. The second kappa shape index (κ2) is 7.04. The maximum atomic E-state index is 6.01. The second-order valence-corrected chi connectivity index (χ2v) is 5.46. The van der Waals surface area contributed by atoms with E-state index in [1.807, 2.05) is 0 Å². The Balaban J connectivity index is 2.07. The summed E-state index contributed by atoms with van der Waals surface area (Å²) < 4.78 is 0. The molecule has 1 saturated heterocycles. The summed E-state index contributed by atoms with van der Waals surface area (Å²) in [6.07, 6.45) is 2.20. The lowest BCUT2D eigenvalue weighted by Gasteiger charge is -2.29. The van der Waals surface area contributed by atoms with Crippen LogP contribution in [0.5, 0.6) is 0 Å².